The molecule has 0 atom stereocenters. The fraction of sp³-hybridized carbons (Fsp3) is 0.562. The molecule has 1 saturated heterocycles. The number of benzene rings is 1. The second-order valence-corrected chi connectivity index (χ2v) is 5.54. The van der Waals surface area contributed by atoms with E-state index in [0.717, 1.165) is 32.5 Å². The number of halogens is 1. The quantitative estimate of drug-likeness (QED) is 0.831. The van der Waals surface area contributed by atoms with Gasteiger partial charge in [0.2, 0.25) is 0 Å². The van der Waals surface area contributed by atoms with Crippen molar-refractivity contribution in [1.29, 1.82) is 0 Å². The fourth-order valence-corrected chi connectivity index (χ4v) is 2.70. The number of rotatable bonds is 6. The van der Waals surface area contributed by atoms with Gasteiger partial charge in [-0.1, -0.05) is 6.07 Å². The molecule has 1 aliphatic rings. The molecule has 1 aromatic rings. The van der Waals surface area contributed by atoms with Crippen molar-refractivity contribution in [2.24, 2.45) is 5.92 Å². The number of piperidine rings is 1. The molecular weight excluding hydrogens is 287 g/mol. The predicted molar refractivity (Wildman–Crippen MR) is 81.5 cm³/mol. The number of hydrogen-bond acceptors (Lipinski definition) is 4. The molecule has 0 unspecified atom stereocenters. The molecule has 1 fully saturated rings. The summed E-state index contributed by atoms with van der Waals surface area (Å²) < 4.78 is 18.8. The number of hydrogen-bond donors (Lipinski definition) is 2. The molecule has 0 aliphatic carbocycles. The molecule has 1 aliphatic heterocycles. The Balaban J connectivity index is 1.81. The van der Waals surface area contributed by atoms with E-state index in [2.05, 4.69) is 10.2 Å². The van der Waals surface area contributed by atoms with Crippen LogP contribution in [0.25, 0.3) is 0 Å². The van der Waals surface area contributed by atoms with Crippen LogP contribution in [0.5, 0.6) is 5.75 Å². The Morgan fingerprint density at radius 2 is 2.18 bits per heavy atom. The average molecular weight is 310 g/mol. The number of methoxy groups -OCH3 is 1. The third kappa shape index (κ3) is 4.18. The van der Waals surface area contributed by atoms with Gasteiger partial charge in [0.15, 0.2) is 0 Å². The monoisotopic (exact) mass is 310 g/mol. The van der Waals surface area contributed by atoms with Gasteiger partial charge < -0.3 is 20.1 Å². The minimum atomic E-state index is -0.583. The molecule has 5 nitrogen and oxygen atoms in total. The van der Waals surface area contributed by atoms with E-state index in [1.807, 2.05) is 0 Å². The van der Waals surface area contributed by atoms with Gasteiger partial charge in [0.1, 0.15) is 17.1 Å². The summed E-state index contributed by atoms with van der Waals surface area (Å²) in [6.45, 7) is 3.27. The lowest BCUT2D eigenvalue weighted by Crippen LogP contribution is -2.40. The Bertz CT molecular complexity index is 502. The zero-order chi connectivity index (χ0) is 15.9. The first-order valence-corrected chi connectivity index (χ1v) is 7.59. The lowest BCUT2D eigenvalue weighted by atomic mass is 9.98. The van der Waals surface area contributed by atoms with E-state index < -0.39 is 11.7 Å². The van der Waals surface area contributed by atoms with E-state index in [4.69, 9.17) is 9.84 Å². The lowest BCUT2D eigenvalue weighted by molar-refractivity contribution is 0.0931. The van der Waals surface area contributed by atoms with Gasteiger partial charge in [-0.3, -0.25) is 4.79 Å². The minimum Gasteiger partial charge on any atom is -0.496 e. The van der Waals surface area contributed by atoms with E-state index in [0.29, 0.717) is 12.5 Å². The number of ether oxygens (including phenoxy) is 1. The molecule has 1 amide bonds. The topological polar surface area (TPSA) is 61.8 Å². The van der Waals surface area contributed by atoms with Crippen LogP contribution in [-0.4, -0.2) is 55.8 Å². The highest BCUT2D eigenvalue weighted by molar-refractivity contribution is 5.97. The van der Waals surface area contributed by atoms with Crippen molar-refractivity contribution in [3.05, 3.63) is 29.6 Å². The number of nitrogens with zero attached hydrogens (tertiary/aromatic N) is 1. The first kappa shape index (κ1) is 16.7. The fourth-order valence-electron chi connectivity index (χ4n) is 2.70. The summed E-state index contributed by atoms with van der Waals surface area (Å²) >= 11 is 0. The molecule has 0 saturated carbocycles. The molecule has 1 aromatic carbocycles. The Hall–Kier alpha value is -1.66. The largest absolute Gasteiger partial charge is 0.496 e. The van der Waals surface area contributed by atoms with Crippen LogP contribution in [0.3, 0.4) is 0 Å². The summed E-state index contributed by atoms with van der Waals surface area (Å²) in [4.78, 5) is 14.3. The summed E-state index contributed by atoms with van der Waals surface area (Å²) in [5.41, 5.74) is -0.0519. The molecule has 22 heavy (non-hydrogen) atoms. The van der Waals surface area contributed by atoms with Crippen LogP contribution in [0.1, 0.15) is 23.2 Å². The van der Waals surface area contributed by atoms with Crippen LogP contribution in [0.15, 0.2) is 18.2 Å². The van der Waals surface area contributed by atoms with Crippen LogP contribution >= 0.6 is 0 Å². The zero-order valence-corrected chi connectivity index (χ0v) is 12.8. The average Bonchev–Trinajstić information content (AvgIpc) is 2.55. The van der Waals surface area contributed by atoms with Crippen molar-refractivity contribution >= 4 is 5.91 Å². The highest BCUT2D eigenvalue weighted by Gasteiger charge is 2.20. The van der Waals surface area contributed by atoms with E-state index >= 15 is 0 Å². The zero-order valence-electron chi connectivity index (χ0n) is 12.8. The van der Waals surface area contributed by atoms with Gasteiger partial charge in [-0.2, -0.15) is 0 Å². The smallest absolute Gasteiger partial charge is 0.258 e. The van der Waals surface area contributed by atoms with Crippen molar-refractivity contribution in [2.45, 2.75) is 12.8 Å². The summed E-state index contributed by atoms with van der Waals surface area (Å²) in [5.74, 6) is -0.407. The molecule has 0 spiro atoms. The van der Waals surface area contributed by atoms with Crippen molar-refractivity contribution < 1.29 is 19.0 Å². The number of aliphatic hydroxyl groups is 1. The van der Waals surface area contributed by atoms with Gasteiger partial charge in [-0.05, 0) is 44.0 Å². The van der Waals surface area contributed by atoms with Crippen LogP contribution in [0, 0.1) is 11.7 Å². The number of carbonyl (C=O) groups is 1. The third-order valence-corrected chi connectivity index (χ3v) is 4.10. The number of aliphatic hydroxyl groups excluding tert-OH is 1. The Morgan fingerprint density at radius 1 is 1.45 bits per heavy atom. The van der Waals surface area contributed by atoms with Gasteiger partial charge in [0.05, 0.1) is 7.11 Å². The summed E-state index contributed by atoms with van der Waals surface area (Å²) in [6, 6.07) is 4.32. The van der Waals surface area contributed by atoms with E-state index in [1.54, 1.807) is 6.07 Å². The highest BCUT2D eigenvalue weighted by atomic mass is 19.1. The summed E-state index contributed by atoms with van der Waals surface area (Å²) in [6.07, 6.45) is 1.96. The molecule has 122 valence electrons. The molecule has 1 heterocycles. The number of amides is 1. The van der Waals surface area contributed by atoms with Gasteiger partial charge in [0, 0.05) is 19.7 Å². The molecule has 0 radical (unpaired) electrons. The first-order valence-electron chi connectivity index (χ1n) is 7.59. The van der Waals surface area contributed by atoms with E-state index in [9.17, 15) is 9.18 Å². The molecule has 2 N–H and O–H groups in total. The SMILES string of the molecule is COc1cccc(F)c1C(=O)NCCN1CCC(CO)CC1. The van der Waals surface area contributed by atoms with Crippen LogP contribution in [0.2, 0.25) is 0 Å². The third-order valence-electron chi connectivity index (χ3n) is 4.10. The maximum atomic E-state index is 13.8. The second-order valence-electron chi connectivity index (χ2n) is 5.54. The Kier molecular flexibility index (Phi) is 6.15. The number of nitrogens with one attached hydrogen (secondary N) is 1. The second kappa shape index (κ2) is 8.10. The van der Waals surface area contributed by atoms with Gasteiger partial charge in [-0.25, -0.2) is 4.39 Å². The number of carbonyl (C=O) groups excluding carboxylic acids is 1. The van der Waals surface area contributed by atoms with Gasteiger partial charge in [-0.15, -0.1) is 0 Å². The van der Waals surface area contributed by atoms with Gasteiger partial charge in [0.25, 0.3) is 5.91 Å². The van der Waals surface area contributed by atoms with Crippen molar-refractivity contribution in [3.63, 3.8) is 0 Å². The van der Waals surface area contributed by atoms with Crippen LogP contribution < -0.4 is 10.1 Å². The summed E-state index contributed by atoms with van der Waals surface area (Å²) in [7, 11) is 1.41. The van der Waals surface area contributed by atoms with E-state index in [1.165, 1.54) is 19.2 Å². The Labute approximate surface area is 130 Å². The maximum Gasteiger partial charge on any atom is 0.258 e. The molecule has 2 rings (SSSR count). The van der Waals surface area contributed by atoms with Crippen molar-refractivity contribution in [1.82, 2.24) is 10.2 Å². The van der Waals surface area contributed by atoms with Crippen LogP contribution in [-0.2, 0) is 0 Å². The standard InChI is InChI=1S/C16H23FN2O3/c1-22-14-4-2-3-13(17)15(14)16(21)18-7-10-19-8-5-12(11-20)6-9-19/h2-4,12,20H,5-11H2,1H3,(H,18,21). The highest BCUT2D eigenvalue weighted by Crippen LogP contribution is 2.21. The molecular formula is C16H23FN2O3. The minimum absolute atomic E-state index is 0.0519. The molecule has 6 heteroatoms. The molecule has 0 bridgehead atoms. The normalized spacial score (nSPS) is 16.5. The van der Waals surface area contributed by atoms with Crippen molar-refractivity contribution in [3.8, 4) is 5.75 Å². The van der Waals surface area contributed by atoms with Crippen LogP contribution in [0.4, 0.5) is 4.39 Å². The predicted octanol–water partition coefficient (Wildman–Crippen LogP) is 1.27. The Morgan fingerprint density at radius 3 is 2.82 bits per heavy atom. The van der Waals surface area contributed by atoms with Crippen molar-refractivity contribution in [2.75, 3.05) is 39.9 Å². The first-order chi connectivity index (χ1) is 10.7. The summed E-state index contributed by atoms with van der Waals surface area (Å²) in [5, 5.41) is 11.8. The van der Waals surface area contributed by atoms with Gasteiger partial charge >= 0.3 is 0 Å². The van der Waals surface area contributed by atoms with E-state index in [-0.39, 0.29) is 17.9 Å². The number of likely N-dealkylation sites (tertiary alicyclic amines) is 1. The molecule has 0 aromatic heterocycles. The maximum absolute atomic E-state index is 13.8. The lowest BCUT2D eigenvalue weighted by Gasteiger charge is -2.30.